The maximum absolute atomic E-state index is 13.4. The molecule has 20 heavy (non-hydrogen) atoms. The summed E-state index contributed by atoms with van der Waals surface area (Å²) < 4.78 is 23.7. The summed E-state index contributed by atoms with van der Waals surface area (Å²) in [5.41, 5.74) is 0.869. The lowest BCUT2D eigenvalue weighted by atomic mass is 10.0. The first-order chi connectivity index (χ1) is 9.55. The zero-order valence-corrected chi connectivity index (χ0v) is 11.8. The van der Waals surface area contributed by atoms with Gasteiger partial charge in [-0.05, 0) is 35.9 Å². The largest absolute Gasteiger partial charge is 0.497 e. The van der Waals surface area contributed by atoms with Crippen molar-refractivity contribution in [2.75, 3.05) is 14.2 Å². The molecule has 0 aliphatic heterocycles. The van der Waals surface area contributed by atoms with Gasteiger partial charge < -0.3 is 14.6 Å². The molecule has 0 amide bonds. The van der Waals surface area contributed by atoms with Gasteiger partial charge in [0, 0.05) is 16.7 Å². The molecule has 0 aromatic heterocycles. The fraction of sp³-hybridized carbons (Fsp3) is 0.200. The fourth-order valence-corrected chi connectivity index (χ4v) is 2.19. The summed E-state index contributed by atoms with van der Waals surface area (Å²) in [6, 6.07) is 8.95. The molecular weight excluding hydrogens is 283 g/mol. The Labute approximate surface area is 121 Å². The first-order valence-electron chi connectivity index (χ1n) is 5.91. The van der Waals surface area contributed by atoms with Crippen LogP contribution in [-0.2, 0) is 0 Å². The summed E-state index contributed by atoms with van der Waals surface area (Å²) in [4.78, 5) is 0. The number of hydrogen-bond acceptors (Lipinski definition) is 3. The van der Waals surface area contributed by atoms with Crippen molar-refractivity contribution in [2.24, 2.45) is 0 Å². The van der Waals surface area contributed by atoms with Crippen molar-refractivity contribution in [1.82, 2.24) is 0 Å². The Morgan fingerprint density at radius 3 is 2.45 bits per heavy atom. The van der Waals surface area contributed by atoms with E-state index < -0.39 is 11.9 Å². The Bertz CT molecular complexity index is 596. The minimum absolute atomic E-state index is 0.228. The second-order valence-electron chi connectivity index (χ2n) is 4.21. The summed E-state index contributed by atoms with van der Waals surface area (Å²) in [6.07, 6.45) is -1.04. The first kappa shape index (κ1) is 14.6. The molecular formula is C15H14ClFO3. The van der Waals surface area contributed by atoms with Crippen LogP contribution >= 0.6 is 11.6 Å². The number of aliphatic hydroxyl groups is 1. The summed E-state index contributed by atoms with van der Waals surface area (Å²) in [5.74, 6) is 0.561. The van der Waals surface area contributed by atoms with Gasteiger partial charge in [0.2, 0.25) is 0 Å². The second kappa shape index (κ2) is 6.11. The fourth-order valence-electron chi connectivity index (χ4n) is 1.96. The SMILES string of the molecule is COc1ccc(C(O)c2cc(F)cc(Cl)c2)c(OC)c1. The van der Waals surface area contributed by atoms with Crippen molar-refractivity contribution < 1.29 is 19.0 Å². The highest BCUT2D eigenvalue weighted by Crippen LogP contribution is 2.33. The van der Waals surface area contributed by atoms with E-state index in [0.29, 0.717) is 22.6 Å². The molecule has 1 unspecified atom stereocenters. The van der Waals surface area contributed by atoms with Crippen LogP contribution in [0.1, 0.15) is 17.2 Å². The van der Waals surface area contributed by atoms with Crippen LogP contribution in [0.15, 0.2) is 36.4 Å². The maximum atomic E-state index is 13.4. The van der Waals surface area contributed by atoms with Gasteiger partial charge in [0.05, 0.1) is 14.2 Å². The van der Waals surface area contributed by atoms with Crippen molar-refractivity contribution in [2.45, 2.75) is 6.10 Å². The van der Waals surface area contributed by atoms with Gasteiger partial charge in [-0.25, -0.2) is 4.39 Å². The lowest BCUT2D eigenvalue weighted by Gasteiger charge is -2.16. The molecule has 0 bridgehead atoms. The number of aliphatic hydroxyl groups excluding tert-OH is 1. The van der Waals surface area contributed by atoms with E-state index in [1.54, 1.807) is 18.2 Å². The Balaban J connectivity index is 2.44. The third-order valence-electron chi connectivity index (χ3n) is 2.94. The Morgan fingerprint density at radius 1 is 1.10 bits per heavy atom. The van der Waals surface area contributed by atoms with Crippen LogP contribution in [0.3, 0.4) is 0 Å². The van der Waals surface area contributed by atoms with Crippen LogP contribution in [0.4, 0.5) is 4.39 Å². The summed E-state index contributed by atoms with van der Waals surface area (Å²) >= 11 is 5.80. The molecule has 0 spiro atoms. The van der Waals surface area contributed by atoms with Gasteiger partial charge in [0.1, 0.15) is 23.4 Å². The van der Waals surface area contributed by atoms with E-state index in [1.807, 2.05) is 0 Å². The van der Waals surface area contributed by atoms with E-state index in [0.717, 1.165) is 0 Å². The van der Waals surface area contributed by atoms with Crippen LogP contribution in [0.2, 0.25) is 5.02 Å². The van der Waals surface area contributed by atoms with Crippen molar-refractivity contribution in [3.8, 4) is 11.5 Å². The Kier molecular flexibility index (Phi) is 4.47. The minimum atomic E-state index is -1.04. The standard InChI is InChI=1S/C15H14ClFO3/c1-19-12-3-4-13(14(8-12)20-2)15(18)9-5-10(16)7-11(17)6-9/h3-8,15,18H,1-2H3. The van der Waals surface area contributed by atoms with E-state index in [-0.39, 0.29) is 5.02 Å². The van der Waals surface area contributed by atoms with Crippen LogP contribution < -0.4 is 9.47 Å². The average molecular weight is 297 g/mol. The molecule has 5 heteroatoms. The molecule has 3 nitrogen and oxygen atoms in total. The lowest BCUT2D eigenvalue weighted by molar-refractivity contribution is 0.214. The Morgan fingerprint density at radius 2 is 1.85 bits per heavy atom. The molecule has 2 aromatic rings. The van der Waals surface area contributed by atoms with Gasteiger partial charge in [-0.15, -0.1) is 0 Å². The maximum Gasteiger partial charge on any atom is 0.128 e. The average Bonchev–Trinajstić information content (AvgIpc) is 2.44. The number of halogens is 2. The van der Waals surface area contributed by atoms with Crippen molar-refractivity contribution in [1.29, 1.82) is 0 Å². The van der Waals surface area contributed by atoms with Crippen molar-refractivity contribution in [3.05, 3.63) is 58.4 Å². The van der Waals surface area contributed by atoms with Crippen LogP contribution in [0.5, 0.6) is 11.5 Å². The van der Waals surface area contributed by atoms with Crippen LogP contribution in [-0.4, -0.2) is 19.3 Å². The zero-order chi connectivity index (χ0) is 14.7. The molecule has 2 rings (SSSR count). The third-order valence-corrected chi connectivity index (χ3v) is 3.15. The summed E-state index contributed by atoms with van der Waals surface area (Å²) in [6.45, 7) is 0. The van der Waals surface area contributed by atoms with Gasteiger partial charge in [-0.3, -0.25) is 0 Å². The molecule has 0 saturated heterocycles. The highest BCUT2D eigenvalue weighted by atomic mass is 35.5. The quantitative estimate of drug-likeness (QED) is 0.937. The highest BCUT2D eigenvalue weighted by Gasteiger charge is 2.17. The molecule has 1 atom stereocenters. The molecule has 0 fully saturated rings. The first-order valence-corrected chi connectivity index (χ1v) is 6.29. The monoisotopic (exact) mass is 296 g/mol. The van der Waals surface area contributed by atoms with Crippen molar-refractivity contribution >= 4 is 11.6 Å². The number of methoxy groups -OCH3 is 2. The summed E-state index contributed by atoms with van der Waals surface area (Å²) in [5, 5.41) is 10.6. The predicted molar refractivity (Wildman–Crippen MR) is 75.0 cm³/mol. The molecule has 0 aliphatic rings. The molecule has 2 aromatic carbocycles. The summed E-state index contributed by atoms with van der Waals surface area (Å²) in [7, 11) is 3.03. The van der Waals surface area contributed by atoms with E-state index >= 15 is 0 Å². The van der Waals surface area contributed by atoms with Crippen molar-refractivity contribution in [3.63, 3.8) is 0 Å². The van der Waals surface area contributed by atoms with Crippen LogP contribution in [0, 0.1) is 5.82 Å². The molecule has 0 saturated carbocycles. The van der Waals surface area contributed by atoms with Crippen LogP contribution in [0.25, 0.3) is 0 Å². The predicted octanol–water partition coefficient (Wildman–Crippen LogP) is 3.58. The Hall–Kier alpha value is -1.78. The second-order valence-corrected chi connectivity index (χ2v) is 4.65. The lowest BCUT2D eigenvalue weighted by Crippen LogP contribution is -2.03. The van der Waals surface area contributed by atoms with Gasteiger partial charge in [0.15, 0.2) is 0 Å². The number of benzene rings is 2. The molecule has 1 N–H and O–H groups in total. The van der Waals surface area contributed by atoms with Gasteiger partial charge in [-0.1, -0.05) is 11.6 Å². The zero-order valence-electron chi connectivity index (χ0n) is 11.1. The highest BCUT2D eigenvalue weighted by molar-refractivity contribution is 6.30. The molecule has 0 radical (unpaired) electrons. The number of ether oxygens (including phenoxy) is 2. The van der Waals surface area contributed by atoms with Gasteiger partial charge in [0.25, 0.3) is 0 Å². The molecule has 0 aliphatic carbocycles. The van der Waals surface area contributed by atoms with E-state index in [9.17, 15) is 9.50 Å². The van der Waals surface area contributed by atoms with E-state index in [1.165, 1.54) is 32.4 Å². The molecule has 106 valence electrons. The van der Waals surface area contributed by atoms with Gasteiger partial charge >= 0.3 is 0 Å². The third kappa shape index (κ3) is 3.03. The number of hydrogen-bond donors (Lipinski definition) is 1. The smallest absolute Gasteiger partial charge is 0.128 e. The number of rotatable bonds is 4. The van der Waals surface area contributed by atoms with E-state index in [4.69, 9.17) is 21.1 Å². The normalized spacial score (nSPS) is 12.1. The molecule has 0 heterocycles. The van der Waals surface area contributed by atoms with Gasteiger partial charge in [-0.2, -0.15) is 0 Å². The topological polar surface area (TPSA) is 38.7 Å². The van der Waals surface area contributed by atoms with E-state index in [2.05, 4.69) is 0 Å². The minimum Gasteiger partial charge on any atom is -0.497 e.